The van der Waals surface area contributed by atoms with Gasteiger partial charge in [0, 0.05) is 12.5 Å². The number of anilines is 1. The lowest BCUT2D eigenvalue weighted by atomic mass is 9.93. The number of rotatable bonds is 2. The third-order valence-electron chi connectivity index (χ3n) is 4.07. The molecular weight excluding hydrogens is 244 g/mol. The summed E-state index contributed by atoms with van der Waals surface area (Å²) in [5.41, 5.74) is 12.9. The van der Waals surface area contributed by atoms with E-state index in [-0.39, 0.29) is 12.3 Å². The minimum Gasteiger partial charge on any atom is -0.382 e. The predicted molar refractivity (Wildman–Crippen MR) is 71.0 cm³/mol. The van der Waals surface area contributed by atoms with Crippen molar-refractivity contribution in [3.8, 4) is 0 Å². The van der Waals surface area contributed by atoms with Crippen LogP contribution in [0.5, 0.6) is 0 Å². The molecule has 0 aromatic carbocycles. The third kappa shape index (κ3) is 1.77. The smallest absolute Gasteiger partial charge is 0.167 e. The summed E-state index contributed by atoms with van der Waals surface area (Å²) in [6.45, 7) is 4.83. The third-order valence-corrected chi connectivity index (χ3v) is 4.07. The van der Waals surface area contributed by atoms with Gasteiger partial charge in [0.15, 0.2) is 11.5 Å². The van der Waals surface area contributed by atoms with Crippen LogP contribution in [-0.4, -0.2) is 32.2 Å². The van der Waals surface area contributed by atoms with Crippen molar-refractivity contribution in [2.24, 2.45) is 17.6 Å². The quantitative estimate of drug-likeness (QED) is 0.818. The maximum Gasteiger partial charge on any atom is 0.167 e. The summed E-state index contributed by atoms with van der Waals surface area (Å²) in [5.74, 6) is 1.12. The second-order valence-electron chi connectivity index (χ2n) is 5.10. The number of nitrogens with two attached hydrogens (primary N) is 2. The van der Waals surface area contributed by atoms with E-state index in [1.807, 2.05) is 4.57 Å². The number of imidazole rings is 1. The van der Waals surface area contributed by atoms with Gasteiger partial charge in [-0.2, -0.15) is 0 Å². The number of nitrogens with zero attached hydrogens (tertiary/aromatic N) is 4. The first-order chi connectivity index (χ1) is 9.13. The van der Waals surface area contributed by atoms with E-state index in [1.54, 1.807) is 6.33 Å². The Kier molecular flexibility index (Phi) is 2.87. The van der Waals surface area contributed by atoms with Crippen LogP contribution in [0.15, 0.2) is 12.7 Å². The number of nitrogen functional groups attached to an aromatic ring is 1. The zero-order chi connectivity index (χ0) is 13.6. The molecule has 0 amide bonds. The summed E-state index contributed by atoms with van der Waals surface area (Å²) in [5, 5.41) is 0. The Morgan fingerprint density at radius 3 is 2.74 bits per heavy atom. The topological polar surface area (TPSA) is 105 Å². The van der Waals surface area contributed by atoms with Crippen LogP contribution in [0.4, 0.5) is 5.82 Å². The lowest BCUT2D eigenvalue weighted by Crippen LogP contribution is -2.25. The van der Waals surface area contributed by atoms with E-state index in [4.69, 9.17) is 16.2 Å². The highest BCUT2D eigenvalue weighted by molar-refractivity contribution is 5.81. The average molecular weight is 262 g/mol. The summed E-state index contributed by atoms with van der Waals surface area (Å²) < 4.78 is 7.95. The maximum absolute atomic E-state index is 6.02. The van der Waals surface area contributed by atoms with Crippen molar-refractivity contribution < 1.29 is 4.74 Å². The van der Waals surface area contributed by atoms with E-state index in [1.165, 1.54) is 6.33 Å². The Morgan fingerprint density at radius 1 is 1.26 bits per heavy atom. The van der Waals surface area contributed by atoms with Crippen LogP contribution >= 0.6 is 0 Å². The molecule has 1 saturated heterocycles. The molecule has 2 aromatic rings. The van der Waals surface area contributed by atoms with Gasteiger partial charge in [0.2, 0.25) is 0 Å². The molecule has 19 heavy (non-hydrogen) atoms. The van der Waals surface area contributed by atoms with Gasteiger partial charge in [-0.1, -0.05) is 13.8 Å². The molecule has 1 aliphatic heterocycles. The van der Waals surface area contributed by atoms with Crippen LogP contribution < -0.4 is 11.5 Å². The van der Waals surface area contributed by atoms with Gasteiger partial charge in [0.1, 0.15) is 18.1 Å². The molecule has 0 bridgehead atoms. The molecule has 3 rings (SSSR count). The van der Waals surface area contributed by atoms with E-state index < -0.39 is 0 Å². The van der Waals surface area contributed by atoms with E-state index in [0.29, 0.717) is 35.4 Å². The molecule has 102 valence electrons. The number of fused-ring (bicyclic) bond motifs is 1. The van der Waals surface area contributed by atoms with Crippen molar-refractivity contribution in [2.75, 3.05) is 12.3 Å². The number of hydrogen-bond acceptors (Lipinski definition) is 6. The van der Waals surface area contributed by atoms with Crippen molar-refractivity contribution >= 4 is 17.0 Å². The molecule has 1 fully saturated rings. The fraction of sp³-hybridized carbons (Fsp3) is 0.583. The summed E-state index contributed by atoms with van der Waals surface area (Å²) in [6.07, 6.45) is 3.11. The highest BCUT2D eigenvalue weighted by atomic mass is 16.5. The minimum atomic E-state index is -0.108. The maximum atomic E-state index is 6.02. The summed E-state index contributed by atoms with van der Waals surface area (Å²) in [6, 6.07) is 0. The lowest BCUT2D eigenvalue weighted by molar-refractivity contribution is -0.00649. The van der Waals surface area contributed by atoms with E-state index in [0.717, 1.165) is 0 Å². The van der Waals surface area contributed by atoms with Gasteiger partial charge in [-0.15, -0.1) is 0 Å². The number of aromatic nitrogens is 4. The van der Waals surface area contributed by atoms with Gasteiger partial charge in [-0.25, -0.2) is 15.0 Å². The molecule has 0 radical (unpaired) electrons. The molecule has 3 heterocycles. The second-order valence-corrected chi connectivity index (χ2v) is 5.10. The van der Waals surface area contributed by atoms with Gasteiger partial charge in [-0.05, 0) is 5.92 Å². The molecule has 0 spiro atoms. The summed E-state index contributed by atoms with van der Waals surface area (Å²) in [7, 11) is 0. The first kappa shape index (κ1) is 12.3. The minimum absolute atomic E-state index is 0.0663. The standard InChI is InChI=1S/C12H18N6O/c1-6-7(2)12(19-8(6)3-13)18-5-17-9-10(14)15-4-16-11(9)18/h4-8,12H,3,13H2,1-2H3,(H2,14,15,16)/t6-,7?,8-,12-/m1/s1. The Balaban J connectivity index is 2.04. The van der Waals surface area contributed by atoms with Crippen molar-refractivity contribution in [1.29, 1.82) is 0 Å². The van der Waals surface area contributed by atoms with Crippen molar-refractivity contribution in [3.05, 3.63) is 12.7 Å². The van der Waals surface area contributed by atoms with Gasteiger partial charge >= 0.3 is 0 Å². The van der Waals surface area contributed by atoms with Crippen LogP contribution in [-0.2, 0) is 4.74 Å². The molecule has 2 aromatic heterocycles. The number of hydrogen-bond donors (Lipinski definition) is 2. The summed E-state index contributed by atoms with van der Waals surface area (Å²) in [4.78, 5) is 12.5. The second kappa shape index (κ2) is 4.43. The molecule has 1 unspecified atom stereocenters. The molecule has 7 heteroatoms. The highest BCUT2D eigenvalue weighted by Gasteiger charge is 2.39. The first-order valence-corrected chi connectivity index (χ1v) is 6.42. The zero-order valence-corrected chi connectivity index (χ0v) is 11.0. The molecule has 0 saturated carbocycles. The predicted octanol–water partition coefficient (Wildman–Crippen LogP) is 0.537. The molecule has 4 N–H and O–H groups in total. The van der Waals surface area contributed by atoms with Gasteiger partial charge in [0.25, 0.3) is 0 Å². The summed E-state index contributed by atoms with van der Waals surface area (Å²) >= 11 is 0. The van der Waals surface area contributed by atoms with Crippen molar-refractivity contribution in [3.63, 3.8) is 0 Å². The normalized spacial score (nSPS) is 31.1. The van der Waals surface area contributed by atoms with E-state index in [9.17, 15) is 0 Å². The van der Waals surface area contributed by atoms with Crippen molar-refractivity contribution in [2.45, 2.75) is 26.2 Å². The molecule has 7 nitrogen and oxygen atoms in total. The van der Waals surface area contributed by atoms with Crippen LogP contribution in [0, 0.1) is 11.8 Å². The SMILES string of the molecule is CC1[C@@H](C)[C@@H](CN)O[C@H]1n1cnc2c(N)ncnc21. The monoisotopic (exact) mass is 262 g/mol. The van der Waals surface area contributed by atoms with Gasteiger partial charge in [-0.3, -0.25) is 4.57 Å². The van der Waals surface area contributed by atoms with E-state index in [2.05, 4.69) is 28.8 Å². The van der Waals surface area contributed by atoms with Crippen molar-refractivity contribution in [1.82, 2.24) is 19.5 Å². The number of ether oxygens (including phenoxy) is 1. The van der Waals surface area contributed by atoms with Crippen LogP contribution in [0.3, 0.4) is 0 Å². The molecule has 4 atom stereocenters. The van der Waals surface area contributed by atoms with Crippen LogP contribution in [0.1, 0.15) is 20.1 Å². The molecule has 0 aliphatic carbocycles. The molecule has 1 aliphatic rings. The van der Waals surface area contributed by atoms with Gasteiger partial charge < -0.3 is 16.2 Å². The fourth-order valence-corrected chi connectivity index (χ4v) is 2.67. The Labute approximate surface area is 111 Å². The largest absolute Gasteiger partial charge is 0.382 e. The Hall–Kier alpha value is -1.73. The first-order valence-electron chi connectivity index (χ1n) is 6.42. The fourth-order valence-electron chi connectivity index (χ4n) is 2.67. The average Bonchev–Trinajstić information content (AvgIpc) is 2.94. The zero-order valence-electron chi connectivity index (χ0n) is 11.0. The Morgan fingerprint density at radius 2 is 2.05 bits per heavy atom. The Bertz CT molecular complexity index is 597. The highest BCUT2D eigenvalue weighted by Crippen LogP contribution is 2.39. The van der Waals surface area contributed by atoms with Gasteiger partial charge in [0.05, 0.1) is 12.4 Å². The van der Waals surface area contributed by atoms with Crippen LogP contribution in [0.25, 0.3) is 11.2 Å². The van der Waals surface area contributed by atoms with E-state index >= 15 is 0 Å². The lowest BCUT2D eigenvalue weighted by Gasteiger charge is -2.17. The van der Waals surface area contributed by atoms with Crippen LogP contribution in [0.2, 0.25) is 0 Å². The molecular formula is C12H18N6O.